The number of ether oxygens (including phenoxy) is 2. The van der Waals surface area contributed by atoms with Crippen LogP contribution < -0.4 is 5.32 Å². The maximum absolute atomic E-state index is 10.1. The molecule has 0 saturated carbocycles. The molecule has 1 aliphatic rings. The van der Waals surface area contributed by atoms with Crippen LogP contribution in [0.4, 0.5) is 0 Å². The molecule has 0 amide bonds. The smallest absolute Gasteiger partial charge is 0.172 e. The lowest BCUT2D eigenvalue weighted by Crippen LogP contribution is -2.23. The minimum Gasteiger partial charge on any atom is -0.351 e. The molecule has 0 radical (unpaired) electrons. The lowest BCUT2D eigenvalue weighted by atomic mass is 10.6. The van der Waals surface area contributed by atoms with Gasteiger partial charge in [-0.1, -0.05) is 0 Å². The Kier molecular flexibility index (Phi) is 2.80. The van der Waals surface area contributed by atoms with Crippen LogP contribution in [0.5, 0.6) is 0 Å². The first-order valence-electron chi connectivity index (χ1n) is 3.32. The van der Waals surface area contributed by atoms with Gasteiger partial charge in [-0.25, -0.2) is 0 Å². The Labute approximate surface area is 59.5 Å². The molecular formula is C6H11NO3. The van der Waals surface area contributed by atoms with Crippen molar-refractivity contribution in [3.05, 3.63) is 0 Å². The van der Waals surface area contributed by atoms with E-state index in [1.807, 2.05) is 6.92 Å². The van der Waals surface area contributed by atoms with Crippen molar-refractivity contribution in [2.75, 3.05) is 13.2 Å². The molecule has 1 saturated heterocycles. The van der Waals surface area contributed by atoms with Gasteiger partial charge < -0.3 is 9.47 Å². The number of hydrogen-bond acceptors (Lipinski definition) is 4. The molecule has 1 fully saturated rings. The fraction of sp³-hybridized carbons (Fsp3) is 0.833. The Morgan fingerprint density at radius 1 is 1.90 bits per heavy atom. The maximum Gasteiger partial charge on any atom is 0.172 e. The minimum atomic E-state index is -0.475. The fourth-order valence-electron chi connectivity index (χ4n) is 0.836. The zero-order valence-corrected chi connectivity index (χ0v) is 5.87. The van der Waals surface area contributed by atoms with Gasteiger partial charge in [0, 0.05) is 13.2 Å². The normalized spacial score (nSPS) is 32.5. The van der Waals surface area contributed by atoms with Gasteiger partial charge in [-0.05, 0) is 6.92 Å². The van der Waals surface area contributed by atoms with E-state index < -0.39 is 6.23 Å². The van der Waals surface area contributed by atoms with E-state index in [9.17, 15) is 4.79 Å². The van der Waals surface area contributed by atoms with Crippen LogP contribution in [0.3, 0.4) is 0 Å². The van der Waals surface area contributed by atoms with Gasteiger partial charge in [0.1, 0.15) is 0 Å². The maximum atomic E-state index is 10.1. The predicted molar refractivity (Wildman–Crippen MR) is 34.4 cm³/mol. The van der Waals surface area contributed by atoms with Gasteiger partial charge in [0.15, 0.2) is 18.8 Å². The first-order chi connectivity index (χ1) is 4.86. The molecule has 4 nitrogen and oxygen atoms in total. The van der Waals surface area contributed by atoms with E-state index in [1.54, 1.807) is 0 Å². The second-order valence-corrected chi connectivity index (χ2v) is 1.99. The highest BCUT2D eigenvalue weighted by Crippen LogP contribution is 2.03. The summed E-state index contributed by atoms with van der Waals surface area (Å²) in [4.78, 5) is 10.1. The number of rotatable bonds is 3. The molecule has 4 heteroatoms. The summed E-state index contributed by atoms with van der Waals surface area (Å²) in [6.45, 7) is 3.09. The van der Waals surface area contributed by atoms with Crippen LogP contribution in [0.1, 0.15) is 6.92 Å². The largest absolute Gasteiger partial charge is 0.351 e. The van der Waals surface area contributed by atoms with E-state index in [0.29, 0.717) is 13.2 Å². The van der Waals surface area contributed by atoms with Gasteiger partial charge in [0.25, 0.3) is 0 Å². The third kappa shape index (κ3) is 1.76. The SMILES string of the molecule is CCOC1CNC(C=O)O1. The van der Waals surface area contributed by atoms with E-state index >= 15 is 0 Å². The van der Waals surface area contributed by atoms with Crippen LogP contribution in [0.15, 0.2) is 0 Å². The molecular weight excluding hydrogens is 134 g/mol. The first kappa shape index (κ1) is 7.65. The van der Waals surface area contributed by atoms with E-state index in [0.717, 1.165) is 6.29 Å². The van der Waals surface area contributed by atoms with Crippen molar-refractivity contribution in [3.8, 4) is 0 Å². The summed E-state index contributed by atoms with van der Waals surface area (Å²) in [5.41, 5.74) is 0. The molecule has 1 N–H and O–H groups in total. The summed E-state index contributed by atoms with van der Waals surface area (Å²) in [6, 6.07) is 0. The molecule has 10 heavy (non-hydrogen) atoms. The lowest BCUT2D eigenvalue weighted by molar-refractivity contribution is -0.141. The highest BCUT2D eigenvalue weighted by atomic mass is 16.7. The van der Waals surface area contributed by atoms with Gasteiger partial charge >= 0.3 is 0 Å². The first-order valence-corrected chi connectivity index (χ1v) is 3.32. The topological polar surface area (TPSA) is 47.6 Å². The molecule has 0 bridgehead atoms. The highest BCUT2D eigenvalue weighted by molar-refractivity contribution is 5.55. The zero-order chi connectivity index (χ0) is 7.40. The second kappa shape index (κ2) is 3.65. The molecule has 0 aromatic carbocycles. The summed E-state index contributed by atoms with van der Waals surface area (Å²) in [5.74, 6) is 0. The number of hydrogen-bond donors (Lipinski definition) is 1. The van der Waals surface area contributed by atoms with E-state index in [-0.39, 0.29) is 6.29 Å². The van der Waals surface area contributed by atoms with Gasteiger partial charge in [0.05, 0.1) is 0 Å². The average molecular weight is 145 g/mol. The van der Waals surface area contributed by atoms with Gasteiger partial charge in [-0.15, -0.1) is 0 Å². The Bertz CT molecular complexity index is 118. The van der Waals surface area contributed by atoms with Crippen molar-refractivity contribution in [2.45, 2.75) is 19.4 Å². The van der Waals surface area contributed by atoms with Gasteiger partial charge in [-0.2, -0.15) is 0 Å². The van der Waals surface area contributed by atoms with Crippen LogP contribution >= 0.6 is 0 Å². The summed E-state index contributed by atoms with van der Waals surface area (Å²) < 4.78 is 10.1. The van der Waals surface area contributed by atoms with Crippen molar-refractivity contribution < 1.29 is 14.3 Å². The van der Waals surface area contributed by atoms with Crippen molar-refractivity contribution in [2.24, 2.45) is 0 Å². The fourth-order valence-corrected chi connectivity index (χ4v) is 0.836. The number of carbonyl (C=O) groups is 1. The molecule has 2 unspecified atom stereocenters. The molecule has 0 aromatic rings. The average Bonchev–Trinajstić information content (AvgIpc) is 2.37. The van der Waals surface area contributed by atoms with Crippen molar-refractivity contribution in [3.63, 3.8) is 0 Å². The summed E-state index contributed by atoms with van der Waals surface area (Å²) >= 11 is 0. The summed E-state index contributed by atoms with van der Waals surface area (Å²) in [7, 11) is 0. The van der Waals surface area contributed by atoms with Crippen molar-refractivity contribution >= 4 is 6.29 Å². The van der Waals surface area contributed by atoms with Crippen LogP contribution in [0, 0.1) is 0 Å². The third-order valence-corrected chi connectivity index (χ3v) is 1.26. The molecule has 0 aromatic heterocycles. The minimum absolute atomic E-state index is 0.250. The third-order valence-electron chi connectivity index (χ3n) is 1.26. The van der Waals surface area contributed by atoms with Crippen molar-refractivity contribution in [1.29, 1.82) is 0 Å². The number of carbonyl (C=O) groups excluding carboxylic acids is 1. The number of nitrogens with one attached hydrogen (secondary N) is 1. The van der Waals surface area contributed by atoms with E-state index in [1.165, 1.54) is 0 Å². The predicted octanol–water partition coefficient (Wildman–Crippen LogP) is -0.506. The summed E-state index contributed by atoms with van der Waals surface area (Å²) in [5, 5.41) is 2.83. The highest BCUT2D eigenvalue weighted by Gasteiger charge is 2.23. The quantitative estimate of drug-likeness (QED) is 0.543. The van der Waals surface area contributed by atoms with Crippen LogP contribution in [0.25, 0.3) is 0 Å². The molecule has 58 valence electrons. The van der Waals surface area contributed by atoms with Crippen LogP contribution in [-0.4, -0.2) is 32.0 Å². The van der Waals surface area contributed by atoms with Gasteiger partial charge in [-0.3, -0.25) is 10.1 Å². The molecule has 0 spiro atoms. The molecule has 1 rings (SSSR count). The molecule has 1 heterocycles. The Morgan fingerprint density at radius 3 is 3.20 bits per heavy atom. The standard InChI is InChI=1S/C6H11NO3/c1-2-9-6-3-7-5(4-8)10-6/h4-7H,2-3H2,1H3. The van der Waals surface area contributed by atoms with E-state index in [4.69, 9.17) is 9.47 Å². The van der Waals surface area contributed by atoms with Gasteiger partial charge in [0.2, 0.25) is 0 Å². The van der Waals surface area contributed by atoms with Crippen LogP contribution in [0.2, 0.25) is 0 Å². The number of aldehydes is 1. The van der Waals surface area contributed by atoms with E-state index in [2.05, 4.69) is 5.32 Å². The molecule has 0 aliphatic carbocycles. The molecule has 2 atom stereocenters. The Balaban J connectivity index is 2.21. The zero-order valence-electron chi connectivity index (χ0n) is 5.87. The lowest BCUT2D eigenvalue weighted by Gasteiger charge is -2.07. The summed E-state index contributed by atoms with van der Waals surface area (Å²) in [6.07, 6.45) is -0.00398. The molecule has 1 aliphatic heterocycles. The van der Waals surface area contributed by atoms with Crippen LogP contribution in [-0.2, 0) is 14.3 Å². The van der Waals surface area contributed by atoms with Crippen molar-refractivity contribution in [1.82, 2.24) is 5.32 Å². The Morgan fingerprint density at radius 2 is 2.70 bits per heavy atom. The monoisotopic (exact) mass is 145 g/mol. The second-order valence-electron chi connectivity index (χ2n) is 1.99. The Hall–Kier alpha value is -0.450.